The summed E-state index contributed by atoms with van der Waals surface area (Å²) in [4.78, 5) is 13.0. The summed E-state index contributed by atoms with van der Waals surface area (Å²) in [5.41, 5.74) is 0.0841. The van der Waals surface area contributed by atoms with Gasteiger partial charge >= 0.3 is 33.2 Å². The lowest BCUT2D eigenvalue weighted by molar-refractivity contribution is -0.309. The molecule has 0 unspecified atom stereocenters. The fraction of sp³-hybridized carbons (Fsp3) is 0.562. The Bertz CT molecular complexity index is 840. The number of rotatable bonds is 8. The standard InChI is InChI=1S/C16H18F6O6S/c1-8(2)10-6-5-7-11(9(3)4)12(10)28-29(25,26)16(21,22)15(19,20)14(17,18)13(23)27-24/h5-9,24H,1-4H3. The topological polar surface area (TPSA) is 89.9 Å². The first kappa shape index (κ1) is 25.0. The second-order valence-corrected chi connectivity index (χ2v) is 8.24. The van der Waals surface area contributed by atoms with Crippen LogP contribution in [0.25, 0.3) is 0 Å². The highest BCUT2D eigenvalue weighted by atomic mass is 32.2. The maximum atomic E-state index is 14.1. The van der Waals surface area contributed by atoms with Crippen LogP contribution >= 0.6 is 0 Å². The van der Waals surface area contributed by atoms with Gasteiger partial charge in [0.25, 0.3) is 0 Å². The van der Waals surface area contributed by atoms with E-state index in [-0.39, 0.29) is 11.1 Å². The van der Waals surface area contributed by atoms with Crippen molar-refractivity contribution in [3.05, 3.63) is 29.3 Å². The molecule has 0 aliphatic rings. The van der Waals surface area contributed by atoms with Crippen molar-refractivity contribution in [1.82, 2.24) is 0 Å². The number of carbonyl (C=O) groups excluding carboxylic acids is 1. The van der Waals surface area contributed by atoms with E-state index in [1.807, 2.05) is 0 Å². The summed E-state index contributed by atoms with van der Waals surface area (Å²) in [5.74, 6) is -18.4. The van der Waals surface area contributed by atoms with E-state index in [1.165, 1.54) is 45.9 Å². The van der Waals surface area contributed by atoms with Crippen LogP contribution in [0, 0.1) is 0 Å². The van der Waals surface area contributed by atoms with E-state index < -0.39 is 50.8 Å². The molecule has 0 saturated carbocycles. The maximum absolute atomic E-state index is 14.1. The van der Waals surface area contributed by atoms with Crippen molar-refractivity contribution < 1.29 is 53.9 Å². The molecule has 166 valence electrons. The molecule has 0 aliphatic heterocycles. The van der Waals surface area contributed by atoms with Gasteiger partial charge in [0.2, 0.25) is 0 Å². The van der Waals surface area contributed by atoms with E-state index in [2.05, 4.69) is 9.07 Å². The summed E-state index contributed by atoms with van der Waals surface area (Å²) in [6.45, 7) is 6.10. The molecule has 1 N–H and O–H groups in total. The van der Waals surface area contributed by atoms with Crippen LogP contribution in [0.4, 0.5) is 26.3 Å². The Labute approximate surface area is 162 Å². The van der Waals surface area contributed by atoms with Gasteiger partial charge in [0.15, 0.2) is 0 Å². The Morgan fingerprint density at radius 2 is 1.38 bits per heavy atom. The maximum Gasteiger partial charge on any atom is 0.449 e. The Kier molecular flexibility index (Phi) is 6.91. The number of alkyl halides is 6. The number of carbonyl (C=O) groups is 1. The zero-order valence-corrected chi connectivity index (χ0v) is 16.4. The van der Waals surface area contributed by atoms with Crippen molar-refractivity contribution in [2.45, 2.75) is 56.6 Å². The molecular formula is C16H18F6O6S. The Hall–Kier alpha value is -2.02. The molecule has 0 saturated heterocycles. The summed E-state index contributed by atoms with van der Waals surface area (Å²) >= 11 is 0. The quantitative estimate of drug-likeness (QED) is 0.270. The predicted molar refractivity (Wildman–Crippen MR) is 87.7 cm³/mol. The molecule has 1 rings (SSSR count). The molecule has 0 heterocycles. The number of benzene rings is 1. The molecular weight excluding hydrogens is 434 g/mol. The monoisotopic (exact) mass is 452 g/mol. The molecule has 0 aromatic heterocycles. The molecule has 1 aromatic rings. The zero-order chi connectivity index (χ0) is 23.0. The summed E-state index contributed by atoms with van der Waals surface area (Å²) in [7, 11) is -6.76. The van der Waals surface area contributed by atoms with E-state index >= 15 is 0 Å². The minimum Gasteiger partial charge on any atom is -0.377 e. The van der Waals surface area contributed by atoms with Gasteiger partial charge in [-0.15, -0.1) is 0 Å². The molecule has 29 heavy (non-hydrogen) atoms. The van der Waals surface area contributed by atoms with Crippen LogP contribution in [0.1, 0.15) is 50.7 Å². The zero-order valence-electron chi connectivity index (χ0n) is 15.6. The van der Waals surface area contributed by atoms with Gasteiger partial charge in [0.1, 0.15) is 5.75 Å². The van der Waals surface area contributed by atoms with Gasteiger partial charge in [-0.25, -0.2) is 4.79 Å². The molecule has 0 radical (unpaired) electrons. The van der Waals surface area contributed by atoms with E-state index in [1.54, 1.807) is 0 Å². The summed E-state index contributed by atoms with van der Waals surface area (Å²) in [6, 6.07) is 4.02. The fourth-order valence-electron chi connectivity index (χ4n) is 2.27. The van der Waals surface area contributed by atoms with Gasteiger partial charge in [-0.1, -0.05) is 45.9 Å². The van der Waals surface area contributed by atoms with Gasteiger partial charge in [0, 0.05) is 0 Å². The fourth-order valence-corrected chi connectivity index (χ4v) is 3.22. The molecule has 0 spiro atoms. The molecule has 13 heteroatoms. The number of hydrogen-bond donors (Lipinski definition) is 1. The van der Waals surface area contributed by atoms with Crippen molar-refractivity contribution in [1.29, 1.82) is 0 Å². The van der Waals surface area contributed by atoms with Crippen LogP contribution in [0.5, 0.6) is 5.75 Å². The van der Waals surface area contributed by atoms with Crippen molar-refractivity contribution >= 4 is 16.1 Å². The highest BCUT2D eigenvalue weighted by molar-refractivity contribution is 7.88. The van der Waals surface area contributed by atoms with Crippen molar-refractivity contribution in [2.24, 2.45) is 0 Å². The highest BCUT2D eigenvalue weighted by Crippen LogP contribution is 2.50. The lowest BCUT2D eigenvalue weighted by atomic mass is 9.94. The third-order valence-corrected chi connectivity index (χ3v) is 5.20. The summed E-state index contributed by atoms with van der Waals surface area (Å²) in [6.07, 6.45) is 0. The largest absolute Gasteiger partial charge is 0.449 e. The minimum atomic E-state index is -6.82. The van der Waals surface area contributed by atoms with E-state index in [9.17, 15) is 39.6 Å². The first-order valence-corrected chi connectivity index (χ1v) is 9.42. The highest BCUT2D eigenvalue weighted by Gasteiger charge is 2.82. The Morgan fingerprint density at radius 1 is 0.966 bits per heavy atom. The third kappa shape index (κ3) is 4.15. The molecule has 6 nitrogen and oxygen atoms in total. The number of hydrogen-bond acceptors (Lipinski definition) is 6. The predicted octanol–water partition coefficient (Wildman–Crippen LogP) is 4.52. The van der Waals surface area contributed by atoms with Crippen molar-refractivity contribution in [3.63, 3.8) is 0 Å². The molecule has 0 amide bonds. The second-order valence-electron chi connectivity index (χ2n) is 6.66. The number of para-hydroxylation sites is 1. The van der Waals surface area contributed by atoms with Crippen molar-refractivity contribution in [2.75, 3.05) is 0 Å². The average molecular weight is 452 g/mol. The summed E-state index contributed by atoms with van der Waals surface area (Å²) < 4.78 is 111. The molecule has 0 aliphatic carbocycles. The molecule has 0 bridgehead atoms. The lowest BCUT2D eigenvalue weighted by Crippen LogP contribution is -2.61. The Morgan fingerprint density at radius 3 is 1.72 bits per heavy atom. The van der Waals surface area contributed by atoms with Gasteiger partial charge in [-0.05, 0) is 23.0 Å². The van der Waals surface area contributed by atoms with E-state index in [4.69, 9.17) is 5.26 Å². The van der Waals surface area contributed by atoms with Gasteiger partial charge < -0.3 is 4.18 Å². The molecule has 0 fully saturated rings. The van der Waals surface area contributed by atoms with Crippen molar-refractivity contribution in [3.8, 4) is 5.75 Å². The van der Waals surface area contributed by atoms with Crippen LogP contribution in [0.2, 0.25) is 0 Å². The van der Waals surface area contributed by atoms with Gasteiger partial charge in [-0.3, -0.25) is 4.89 Å². The minimum absolute atomic E-state index is 0.0421. The van der Waals surface area contributed by atoms with Crippen LogP contribution in [-0.4, -0.2) is 36.7 Å². The second kappa shape index (κ2) is 8.01. The van der Waals surface area contributed by atoms with Crippen LogP contribution in [0.3, 0.4) is 0 Å². The normalized spacial score (nSPS) is 13.7. The smallest absolute Gasteiger partial charge is 0.377 e. The van der Waals surface area contributed by atoms with Crippen LogP contribution < -0.4 is 4.18 Å². The molecule has 1 aromatic carbocycles. The van der Waals surface area contributed by atoms with Gasteiger partial charge in [-0.2, -0.15) is 40.0 Å². The van der Waals surface area contributed by atoms with Gasteiger partial charge in [0.05, 0.1) is 0 Å². The summed E-state index contributed by atoms with van der Waals surface area (Å²) in [5, 5.41) is 1.27. The third-order valence-electron chi connectivity index (χ3n) is 3.93. The lowest BCUT2D eigenvalue weighted by Gasteiger charge is -2.30. The van der Waals surface area contributed by atoms with E-state index in [0.29, 0.717) is 0 Å². The van der Waals surface area contributed by atoms with Crippen LogP contribution in [0.15, 0.2) is 18.2 Å². The van der Waals surface area contributed by atoms with Crippen LogP contribution in [-0.2, 0) is 19.8 Å². The first-order valence-electron chi connectivity index (χ1n) is 8.01. The molecule has 0 atom stereocenters. The Balaban J connectivity index is 3.60. The van der Waals surface area contributed by atoms with E-state index in [0.717, 1.165) is 0 Å². The number of halogens is 6. The average Bonchev–Trinajstić information content (AvgIpc) is 2.59. The SMILES string of the molecule is CC(C)c1cccc(C(C)C)c1OS(=O)(=O)C(F)(F)C(F)(F)C(F)(F)C(=O)OO. The first-order chi connectivity index (χ1) is 13.0.